The lowest BCUT2D eigenvalue weighted by atomic mass is 9.88. The van der Waals surface area contributed by atoms with Crippen molar-refractivity contribution in [2.24, 2.45) is 11.8 Å². The monoisotopic (exact) mass is 369 g/mol. The van der Waals surface area contributed by atoms with E-state index in [1.54, 1.807) is 6.92 Å². The van der Waals surface area contributed by atoms with E-state index >= 15 is 0 Å². The van der Waals surface area contributed by atoms with Crippen LogP contribution in [0.1, 0.15) is 78.1 Å². The van der Waals surface area contributed by atoms with Crippen LogP contribution in [0.25, 0.3) is 0 Å². The lowest BCUT2D eigenvalue weighted by Crippen LogP contribution is -2.30. The second-order valence-electron chi connectivity index (χ2n) is 6.81. The molecule has 0 saturated carbocycles. The van der Waals surface area contributed by atoms with Crippen molar-refractivity contribution in [3.8, 4) is 0 Å². The summed E-state index contributed by atoms with van der Waals surface area (Å²) in [6.07, 6.45) is 10.2. The Hall–Kier alpha value is -1.92. The summed E-state index contributed by atoms with van der Waals surface area (Å²) in [5.41, 5.74) is -0.535. The molecule has 148 valence electrons. The summed E-state index contributed by atoms with van der Waals surface area (Å²) < 4.78 is 4.87. The number of carbonyl (C=O) groups excluding carboxylic acids is 2. The van der Waals surface area contributed by atoms with Crippen LogP contribution in [0.5, 0.6) is 0 Å². The fraction of sp³-hybridized carbons (Fsp3) is 0.789. The van der Waals surface area contributed by atoms with Crippen LogP contribution in [-0.4, -0.2) is 28.4 Å². The summed E-state index contributed by atoms with van der Waals surface area (Å²) in [6.45, 7) is 3.87. The zero-order chi connectivity index (χ0) is 19.5. The standard InChI is InChI=1S/C19H31NO6/c1-3-5-6-7-8-9-10-11-12-13-14-15(19(23)26-4-2)17(21)18(22)16(14)20(24)25/h14-15,22H,3-13H2,1-2H3. The van der Waals surface area contributed by atoms with E-state index in [0.29, 0.717) is 12.8 Å². The van der Waals surface area contributed by atoms with Gasteiger partial charge in [-0.05, 0) is 13.3 Å². The first-order valence-corrected chi connectivity index (χ1v) is 9.74. The smallest absolute Gasteiger partial charge is 0.317 e. The third-order valence-corrected chi connectivity index (χ3v) is 4.87. The van der Waals surface area contributed by atoms with Gasteiger partial charge in [-0.3, -0.25) is 19.7 Å². The number of Topliss-reactive ketones (excluding diaryl/α,β-unsaturated/α-hetero) is 1. The molecule has 0 amide bonds. The van der Waals surface area contributed by atoms with Gasteiger partial charge in [-0.15, -0.1) is 0 Å². The van der Waals surface area contributed by atoms with Gasteiger partial charge in [0.25, 0.3) is 5.70 Å². The third-order valence-electron chi connectivity index (χ3n) is 4.87. The zero-order valence-corrected chi connectivity index (χ0v) is 15.9. The molecule has 0 aromatic carbocycles. The number of nitro groups is 1. The van der Waals surface area contributed by atoms with E-state index in [-0.39, 0.29) is 6.61 Å². The number of hydrogen-bond donors (Lipinski definition) is 1. The molecule has 7 nitrogen and oxygen atoms in total. The molecule has 2 unspecified atom stereocenters. The lowest BCUT2D eigenvalue weighted by Gasteiger charge is -2.16. The van der Waals surface area contributed by atoms with Crippen LogP contribution < -0.4 is 0 Å². The molecule has 0 saturated heterocycles. The number of ether oxygens (including phenoxy) is 1. The molecular formula is C19H31NO6. The molecule has 1 rings (SSSR count). The minimum atomic E-state index is -1.29. The number of hydrogen-bond acceptors (Lipinski definition) is 6. The van der Waals surface area contributed by atoms with E-state index in [1.165, 1.54) is 32.1 Å². The van der Waals surface area contributed by atoms with Crippen LogP contribution in [0.2, 0.25) is 0 Å². The summed E-state index contributed by atoms with van der Waals surface area (Å²) in [5, 5.41) is 21.0. The highest BCUT2D eigenvalue weighted by molar-refractivity contribution is 6.09. The van der Waals surface area contributed by atoms with Crippen LogP contribution in [0.15, 0.2) is 11.5 Å². The summed E-state index contributed by atoms with van der Waals surface area (Å²) >= 11 is 0. The molecule has 0 aromatic heterocycles. The molecule has 0 spiro atoms. The minimum Gasteiger partial charge on any atom is -0.500 e. The highest BCUT2D eigenvalue weighted by Crippen LogP contribution is 2.38. The molecule has 1 N–H and O–H groups in total. The second-order valence-corrected chi connectivity index (χ2v) is 6.81. The Bertz CT molecular complexity index is 528. The van der Waals surface area contributed by atoms with Gasteiger partial charge in [0.2, 0.25) is 11.5 Å². The van der Waals surface area contributed by atoms with Crippen molar-refractivity contribution in [1.82, 2.24) is 0 Å². The minimum absolute atomic E-state index is 0.0852. The van der Waals surface area contributed by atoms with Crippen LogP contribution in [0, 0.1) is 22.0 Å². The predicted molar refractivity (Wildman–Crippen MR) is 97.1 cm³/mol. The molecule has 2 atom stereocenters. The Balaban J connectivity index is 2.52. The topological polar surface area (TPSA) is 107 Å². The molecule has 1 aliphatic carbocycles. The van der Waals surface area contributed by atoms with Gasteiger partial charge in [0.1, 0.15) is 5.92 Å². The largest absolute Gasteiger partial charge is 0.500 e. The number of nitrogens with zero attached hydrogens (tertiary/aromatic N) is 1. The zero-order valence-electron chi connectivity index (χ0n) is 15.9. The van der Waals surface area contributed by atoms with Crippen molar-refractivity contribution >= 4 is 11.8 Å². The Labute approximate surface area is 154 Å². The second kappa shape index (κ2) is 11.6. The predicted octanol–water partition coefficient (Wildman–Crippen LogP) is 4.33. The van der Waals surface area contributed by atoms with Gasteiger partial charge in [-0.1, -0.05) is 64.7 Å². The summed E-state index contributed by atoms with van der Waals surface area (Å²) in [7, 11) is 0. The summed E-state index contributed by atoms with van der Waals surface area (Å²) in [5.74, 6) is -4.77. The molecule has 0 heterocycles. The van der Waals surface area contributed by atoms with E-state index in [4.69, 9.17) is 4.74 Å². The molecule has 26 heavy (non-hydrogen) atoms. The normalized spacial score (nSPS) is 19.8. The highest BCUT2D eigenvalue weighted by atomic mass is 16.6. The van der Waals surface area contributed by atoms with Gasteiger partial charge in [-0.2, -0.15) is 0 Å². The first-order valence-electron chi connectivity index (χ1n) is 9.74. The Kier molecular flexibility index (Phi) is 9.91. The van der Waals surface area contributed by atoms with Gasteiger partial charge in [-0.25, -0.2) is 0 Å². The third kappa shape index (κ3) is 6.11. The molecule has 0 radical (unpaired) electrons. The van der Waals surface area contributed by atoms with E-state index in [2.05, 4.69) is 6.92 Å². The highest BCUT2D eigenvalue weighted by Gasteiger charge is 2.53. The van der Waals surface area contributed by atoms with Gasteiger partial charge < -0.3 is 9.84 Å². The van der Waals surface area contributed by atoms with Gasteiger partial charge in [0.15, 0.2) is 0 Å². The summed E-state index contributed by atoms with van der Waals surface area (Å²) in [4.78, 5) is 34.6. The number of rotatable bonds is 13. The quantitative estimate of drug-likeness (QED) is 0.170. The maximum absolute atomic E-state index is 12.1. The van der Waals surface area contributed by atoms with E-state index < -0.39 is 40.0 Å². The van der Waals surface area contributed by atoms with Crippen molar-refractivity contribution in [2.75, 3.05) is 6.61 Å². The average molecular weight is 369 g/mol. The fourth-order valence-electron chi connectivity index (χ4n) is 3.49. The van der Waals surface area contributed by atoms with Crippen molar-refractivity contribution in [1.29, 1.82) is 0 Å². The van der Waals surface area contributed by atoms with Gasteiger partial charge in [0.05, 0.1) is 17.4 Å². The Morgan fingerprint density at radius 3 is 2.12 bits per heavy atom. The number of ketones is 1. The van der Waals surface area contributed by atoms with Crippen LogP contribution >= 0.6 is 0 Å². The molecule has 7 heteroatoms. The Morgan fingerprint density at radius 2 is 1.62 bits per heavy atom. The maximum atomic E-state index is 12.1. The van der Waals surface area contributed by atoms with Gasteiger partial charge in [0, 0.05) is 0 Å². The average Bonchev–Trinajstić information content (AvgIpc) is 2.84. The lowest BCUT2D eigenvalue weighted by molar-refractivity contribution is -0.436. The Morgan fingerprint density at radius 1 is 1.08 bits per heavy atom. The number of aliphatic hydroxyl groups is 1. The number of aliphatic hydroxyl groups excluding tert-OH is 1. The molecule has 0 aliphatic heterocycles. The maximum Gasteiger partial charge on any atom is 0.317 e. The van der Waals surface area contributed by atoms with Gasteiger partial charge >= 0.3 is 5.97 Å². The van der Waals surface area contributed by atoms with E-state index in [9.17, 15) is 24.8 Å². The first kappa shape index (κ1) is 22.1. The van der Waals surface area contributed by atoms with E-state index in [0.717, 1.165) is 19.3 Å². The molecule has 0 bridgehead atoms. The van der Waals surface area contributed by atoms with Crippen molar-refractivity contribution in [3.63, 3.8) is 0 Å². The fourth-order valence-corrected chi connectivity index (χ4v) is 3.49. The van der Waals surface area contributed by atoms with Crippen molar-refractivity contribution in [3.05, 3.63) is 21.6 Å². The molecular weight excluding hydrogens is 338 g/mol. The number of carbonyl (C=O) groups is 2. The van der Waals surface area contributed by atoms with Crippen molar-refractivity contribution in [2.45, 2.75) is 78.1 Å². The number of unbranched alkanes of at least 4 members (excludes halogenated alkanes) is 8. The first-order chi connectivity index (χ1) is 12.5. The van der Waals surface area contributed by atoms with Crippen molar-refractivity contribution < 1.29 is 24.4 Å². The SMILES string of the molecule is CCCCCCCCCCCC1C([N+](=O)[O-])=C(O)C(=O)C1C(=O)OCC. The van der Waals surface area contributed by atoms with Crippen LogP contribution in [0.4, 0.5) is 0 Å². The summed E-state index contributed by atoms with van der Waals surface area (Å²) in [6, 6.07) is 0. The molecule has 0 fully saturated rings. The van der Waals surface area contributed by atoms with E-state index in [1.807, 2.05) is 0 Å². The van der Waals surface area contributed by atoms with Crippen LogP contribution in [0.3, 0.4) is 0 Å². The number of esters is 1. The molecule has 1 aliphatic rings. The molecule has 0 aromatic rings. The number of allylic oxidation sites excluding steroid dienone is 2. The van der Waals surface area contributed by atoms with Crippen LogP contribution in [-0.2, 0) is 14.3 Å².